The molecule has 2 fully saturated rings. The minimum Gasteiger partial charge on any atom is -0.461 e. The van der Waals surface area contributed by atoms with Crippen molar-refractivity contribution in [1.29, 1.82) is 0 Å². The molecule has 4 heteroatoms. The third-order valence-corrected chi connectivity index (χ3v) is 4.69. The lowest BCUT2D eigenvalue weighted by Crippen LogP contribution is -2.36. The first kappa shape index (κ1) is 12.3. The predicted octanol–water partition coefficient (Wildman–Crippen LogP) is 2.65. The van der Waals surface area contributed by atoms with E-state index in [1.54, 1.807) is 0 Å². The summed E-state index contributed by atoms with van der Waals surface area (Å²) < 4.78 is 6.09. The summed E-state index contributed by atoms with van der Waals surface area (Å²) in [6, 6.07) is 0. The number of ketones is 1. The molecule has 16 heavy (non-hydrogen) atoms. The van der Waals surface area contributed by atoms with Gasteiger partial charge in [0.15, 0.2) is 0 Å². The molecule has 1 aliphatic carbocycles. The average Bonchev–Trinajstić information content (AvgIpc) is 2.59. The Morgan fingerprint density at radius 3 is 2.69 bits per heavy atom. The summed E-state index contributed by atoms with van der Waals surface area (Å²) in [4.78, 5) is 24.1. The molecule has 1 spiro atoms. The maximum Gasteiger partial charge on any atom is 0.320 e. The van der Waals surface area contributed by atoms with Gasteiger partial charge in [0.2, 0.25) is 0 Å². The van der Waals surface area contributed by atoms with Gasteiger partial charge in [0.25, 0.3) is 0 Å². The van der Waals surface area contributed by atoms with Crippen LogP contribution in [0.15, 0.2) is 0 Å². The van der Waals surface area contributed by atoms with Crippen molar-refractivity contribution in [3.05, 3.63) is 0 Å². The Morgan fingerprint density at radius 1 is 1.25 bits per heavy atom. The molecule has 2 rings (SSSR count). The number of alkyl halides is 1. The van der Waals surface area contributed by atoms with Crippen molar-refractivity contribution in [2.75, 3.05) is 4.43 Å². The fraction of sp³-hybridized carbons (Fsp3) is 0.833. The van der Waals surface area contributed by atoms with E-state index in [0.29, 0.717) is 19.3 Å². The van der Waals surface area contributed by atoms with E-state index >= 15 is 0 Å². The van der Waals surface area contributed by atoms with Crippen LogP contribution < -0.4 is 0 Å². The van der Waals surface area contributed by atoms with Crippen LogP contribution in [0.1, 0.15) is 44.9 Å². The number of carbonyl (C=O) groups excluding carboxylic acids is 2. The number of ether oxygens (including phenoxy) is 1. The van der Waals surface area contributed by atoms with Gasteiger partial charge < -0.3 is 4.74 Å². The van der Waals surface area contributed by atoms with Crippen LogP contribution in [-0.2, 0) is 14.3 Å². The third kappa shape index (κ3) is 2.13. The number of carbonyl (C=O) groups is 2. The molecule has 2 unspecified atom stereocenters. The highest BCUT2D eigenvalue weighted by atomic mass is 127. The summed E-state index contributed by atoms with van der Waals surface area (Å²) >= 11 is 2.21. The quantitative estimate of drug-likeness (QED) is 0.320. The maximum absolute atomic E-state index is 12.2. The van der Waals surface area contributed by atoms with Gasteiger partial charge in [0.05, 0.1) is 0 Å². The molecule has 0 aromatic carbocycles. The lowest BCUT2D eigenvalue weighted by Gasteiger charge is -2.25. The van der Waals surface area contributed by atoms with Crippen LogP contribution in [0.4, 0.5) is 0 Å². The first-order valence-electron chi connectivity index (χ1n) is 5.99. The van der Waals surface area contributed by atoms with Crippen molar-refractivity contribution >= 4 is 34.3 Å². The Bertz CT molecular complexity index is 303. The van der Waals surface area contributed by atoms with Gasteiger partial charge in [-0.1, -0.05) is 41.9 Å². The van der Waals surface area contributed by atoms with Crippen molar-refractivity contribution in [1.82, 2.24) is 0 Å². The largest absolute Gasteiger partial charge is 0.461 e. The normalized spacial score (nSPS) is 35.9. The number of halogens is 1. The van der Waals surface area contributed by atoms with Crippen molar-refractivity contribution in [3.8, 4) is 0 Å². The smallest absolute Gasteiger partial charge is 0.320 e. The van der Waals surface area contributed by atoms with E-state index in [-0.39, 0.29) is 17.9 Å². The van der Waals surface area contributed by atoms with E-state index in [9.17, 15) is 9.59 Å². The zero-order valence-corrected chi connectivity index (χ0v) is 11.5. The summed E-state index contributed by atoms with van der Waals surface area (Å²) in [5.74, 6) is -0.120. The number of hydrogen-bond donors (Lipinski definition) is 0. The molecule has 0 bridgehead atoms. The van der Waals surface area contributed by atoms with E-state index in [1.807, 2.05) is 0 Å². The van der Waals surface area contributed by atoms with E-state index in [4.69, 9.17) is 4.74 Å². The summed E-state index contributed by atoms with van der Waals surface area (Å²) in [6.07, 6.45) is 6.01. The highest BCUT2D eigenvalue weighted by Crippen LogP contribution is 2.42. The number of hydrogen-bond acceptors (Lipinski definition) is 3. The second-order valence-electron chi connectivity index (χ2n) is 4.81. The van der Waals surface area contributed by atoms with Crippen LogP contribution in [0.2, 0.25) is 0 Å². The van der Waals surface area contributed by atoms with Gasteiger partial charge in [0, 0.05) is 17.3 Å². The van der Waals surface area contributed by atoms with Crippen LogP contribution in [0.3, 0.4) is 0 Å². The van der Waals surface area contributed by atoms with Gasteiger partial charge in [-0.2, -0.15) is 0 Å². The second kappa shape index (κ2) is 5.02. The maximum atomic E-state index is 12.2. The molecule has 0 aromatic heterocycles. The minimum absolute atomic E-state index is 0.0449. The molecule has 1 saturated carbocycles. The Balaban J connectivity index is 2.19. The Hall–Kier alpha value is -0.130. The zero-order valence-electron chi connectivity index (χ0n) is 9.34. The SMILES string of the molecule is O=C1CCCCCCC12CC(CI)OC2=O. The van der Waals surface area contributed by atoms with Crippen LogP contribution >= 0.6 is 22.6 Å². The molecule has 0 amide bonds. The Kier molecular flexibility index (Phi) is 3.87. The molecular weight excluding hydrogens is 319 g/mol. The van der Waals surface area contributed by atoms with E-state index in [1.165, 1.54) is 0 Å². The average molecular weight is 336 g/mol. The zero-order chi connectivity index (χ0) is 11.6. The molecule has 90 valence electrons. The molecule has 1 heterocycles. The monoisotopic (exact) mass is 336 g/mol. The molecule has 0 N–H and O–H groups in total. The summed E-state index contributed by atoms with van der Waals surface area (Å²) in [7, 11) is 0. The van der Waals surface area contributed by atoms with Crippen LogP contribution in [0.5, 0.6) is 0 Å². The molecular formula is C12H17IO3. The fourth-order valence-corrected chi connectivity index (χ4v) is 3.23. The van der Waals surface area contributed by atoms with Gasteiger partial charge in [-0.25, -0.2) is 0 Å². The van der Waals surface area contributed by atoms with Crippen LogP contribution in [0.25, 0.3) is 0 Å². The minimum atomic E-state index is -0.768. The van der Waals surface area contributed by atoms with Gasteiger partial charge >= 0.3 is 5.97 Å². The summed E-state index contributed by atoms with van der Waals surface area (Å²) in [5.41, 5.74) is -0.768. The molecule has 1 saturated heterocycles. The van der Waals surface area contributed by atoms with Gasteiger partial charge in [-0.15, -0.1) is 0 Å². The van der Waals surface area contributed by atoms with Crippen molar-refractivity contribution in [2.45, 2.75) is 51.0 Å². The number of esters is 1. The standard InChI is InChI=1S/C12H17IO3/c13-8-9-7-12(11(15)16-9)6-4-2-1-3-5-10(12)14/h9H,1-8H2. The lowest BCUT2D eigenvalue weighted by molar-refractivity contribution is -0.153. The first-order valence-corrected chi connectivity index (χ1v) is 7.52. The van der Waals surface area contributed by atoms with Gasteiger partial charge in [-0.05, 0) is 12.8 Å². The highest BCUT2D eigenvalue weighted by Gasteiger charge is 2.53. The first-order chi connectivity index (χ1) is 7.69. The number of rotatable bonds is 1. The molecule has 0 aromatic rings. The van der Waals surface area contributed by atoms with E-state index in [0.717, 1.165) is 30.1 Å². The van der Waals surface area contributed by atoms with Crippen molar-refractivity contribution in [3.63, 3.8) is 0 Å². The lowest BCUT2D eigenvalue weighted by atomic mass is 9.73. The van der Waals surface area contributed by atoms with E-state index < -0.39 is 5.41 Å². The van der Waals surface area contributed by atoms with Gasteiger partial charge in [-0.3, -0.25) is 9.59 Å². The predicted molar refractivity (Wildman–Crippen MR) is 68.5 cm³/mol. The molecule has 1 aliphatic heterocycles. The van der Waals surface area contributed by atoms with Crippen molar-refractivity contribution < 1.29 is 14.3 Å². The summed E-state index contributed by atoms with van der Waals surface area (Å²) in [6.45, 7) is 0. The summed E-state index contributed by atoms with van der Waals surface area (Å²) in [5, 5.41) is 0. The van der Waals surface area contributed by atoms with Crippen molar-refractivity contribution in [2.24, 2.45) is 5.41 Å². The topological polar surface area (TPSA) is 43.4 Å². The molecule has 2 atom stereocenters. The number of cyclic esters (lactones) is 1. The third-order valence-electron chi connectivity index (χ3n) is 3.70. The van der Waals surface area contributed by atoms with E-state index in [2.05, 4.69) is 22.6 Å². The molecule has 3 nitrogen and oxygen atoms in total. The second-order valence-corrected chi connectivity index (χ2v) is 5.69. The van der Waals surface area contributed by atoms with Gasteiger partial charge in [0.1, 0.15) is 17.3 Å². The molecule has 0 radical (unpaired) electrons. The Labute approximate surface area is 109 Å². The fourth-order valence-electron chi connectivity index (χ4n) is 2.74. The molecule has 2 aliphatic rings. The Morgan fingerprint density at radius 2 is 2.00 bits per heavy atom. The number of Topliss-reactive ketones (excluding diaryl/α,β-unsaturated/α-hetero) is 1. The van der Waals surface area contributed by atoms with Crippen LogP contribution in [-0.4, -0.2) is 22.3 Å². The van der Waals surface area contributed by atoms with Crippen LogP contribution in [0, 0.1) is 5.41 Å². The highest BCUT2D eigenvalue weighted by molar-refractivity contribution is 14.1.